The topological polar surface area (TPSA) is 135 Å². The first-order chi connectivity index (χ1) is 22.9. The van der Waals surface area contributed by atoms with Gasteiger partial charge in [0.2, 0.25) is 11.8 Å². The van der Waals surface area contributed by atoms with Crippen molar-refractivity contribution in [2.24, 2.45) is 5.92 Å². The number of nitrogens with one attached hydrogen (secondary N) is 2. The Morgan fingerprint density at radius 1 is 1.08 bits per heavy atom. The van der Waals surface area contributed by atoms with E-state index in [-0.39, 0.29) is 43.2 Å². The first-order valence-electron chi connectivity index (χ1n) is 16.6. The Morgan fingerprint density at radius 2 is 1.81 bits per heavy atom. The van der Waals surface area contributed by atoms with Crippen LogP contribution >= 0.6 is 0 Å². The molecule has 1 spiro atoms. The van der Waals surface area contributed by atoms with E-state index in [0.29, 0.717) is 29.9 Å². The first kappa shape index (κ1) is 32.3. The van der Waals surface area contributed by atoms with Crippen molar-refractivity contribution in [1.29, 1.82) is 0 Å². The second-order valence-electron chi connectivity index (χ2n) is 14.1. The molecule has 3 aliphatic rings. The first-order valence-corrected chi connectivity index (χ1v) is 19.6. The summed E-state index contributed by atoms with van der Waals surface area (Å²) in [6, 6.07) is 20.8. The molecule has 3 aliphatic heterocycles. The number of carbonyl (C=O) groups is 3. The molecule has 0 unspecified atom stereocenters. The molecule has 1 saturated heterocycles. The molecule has 10 nitrogen and oxygen atoms in total. The molecule has 0 radical (unpaired) electrons. The number of aliphatic hydroxyl groups excluding tert-OH is 1. The number of ether oxygens (including phenoxy) is 1. The summed E-state index contributed by atoms with van der Waals surface area (Å²) in [6.45, 7) is 5.79. The fourth-order valence-corrected chi connectivity index (χ4v) is 11.0. The number of nitrogens with zero attached hydrogens (tertiary/aromatic N) is 2. The third-order valence-corrected chi connectivity index (χ3v) is 13.2. The molecule has 4 N–H and O–H groups in total. The van der Waals surface area contributed by atoms with Crippen LogP contribution in [0.5, 0.6) is 0 Å². The summed E-state index contributed by atoms with van der Waals surface area (Å²) in [7, 11) is -1.30. The maximum Gasteiger partial charge on any atom is 0.264 e. The van der Waals surface area contributed by atoms with E-state index in [4.69, 9.17) is 4.74 Å². The van der Waals surface area contributed by atoms with E-state index < -0.39 is 31.5 Å². The smallest absolute Gasteiger partial charge is 0.264 e. The van der Waals surface area contributed by atoms with Crippen LogP contribution in [-0.4, -0.2) is 71.6 Å². The zero-order valence-electron chi connectivity index (χ0n) is 27.7. The minimum Gasteiger partial charge on any atom is -0.432 e. The number of H-pyrrole nitrogens is 1. The van der Waals surface area contributed by atoms with Crippen molar-refractivity contribution < 1.29 is 29.0 Å². The number of hydrogen-bond acceptors (Lipinski definition) is 6. The predicted octanol–water partition coefficient (Wildman–Crippen LogP) is 4.46. The molecule has 0 saturated carbocycles. The molecule has 7 rings (SSSR count). The van der Waals surface area contributed by atoms with Gasteiger partial charge in [-0.05, 0) is 60.5 Å². The summed E-state index contributed by atoms with van der Waals surface area (Å²) in [5.74, 6) is -1.09. The van der Waals surface area contributed by atoms with Crippen molar-refractivity contribution in [1.82, 2.24) is 9.88 Å². The highest BCUT2D eigenvalue weighted by Crippen LogP contribution is 2.59. The van der Waals surface area contributed by atoms with Gasteiger partial charge in [0, 0.05) is 53.4 Å². The van der Waals surface area contributed by atoms with Crippen molar-refractivity contribution in [2.45, 2.75) is 69.1 Å². The number of likely N-dealkylation sites (N-methyl/N-ethyl adjacent to an activating group) is 1. The number of benzene rings is 3. The third kappa shape index (κ3) is 5.25. The SMILES string of the molecule is C[C@@H]1[C@@H]([Si](C)(C)O)[C@H](CC(=O)N2Cc3ccccc3C[C@H]2CO)O[C@@]12C(=O)N(C)c1ccc(NC(=O)Cc3c[nH]c4ccccc34)cc12. The monoisotopic (exact) mass is 666 g/mol. The Morgan fingerprint density at radius 3 is 2.56 bits per heavy atom. The molecule has 0 aliphatic carbocycles. The molecule has 48 heavy (non-hydrogen) atoms. The quantitative estimate of drug-likeness (QED) is 0.215. The van der Waals surface area contributed by atoms with Crippen LogP contribution in [0.3, 0.4) is 0 Å². The van der Waals surface area contributed by atoms with Gasteiger partial charge >= 0.3 is 0 Å². The molecular weight excluding hydrogens is 625 g/mol. The Kier molecular flexibility index (Phi) is 8.06. The zero-order valence-corrected chi connectivity index (χ0v) is 28.7. The van der Waals surface area contributed by atoms with Gasteiger partial charge in [-0.2, -0.15) is 0 Å². The zero-order chi connectivity index (χ0) is 34.0. The third-order valence-electron chi connectivity index (χ3n) is 10.7. The maximum absolute atomic E-state index is 14.2. The average Bonchev–Trinajstić information content (AvgIpc) is 3.67. The molecule has 4 heterocycles. The normalized spacial score (nSPS) is 25.1. The number of aliphatic hydroxyl groups is 1. The molecule has 1 fully saturated rings. The standard InChI is InChI=1S/C37H42N4O6Si/c1-22-35(48(3,4)46)32(18-34(44)41-20-24-10-6-5-9-23(24)15-27(41)21-42)47-37(22)29-17-26(13-14-31(29)40(2)36(37)45)39-33(43)16-25-19-38-30-12-8-7-11-28(25)30/h5-14,17,19,22,27,32,35,38,42,46H,15-16,18,20-21H2,1-4H3,(H,39,43)/t22-,27+,32+,35-,37+/m1/s1. The summed E-state index contributed by atoms with van der Waals surface area (Å²) in [6.07, 6.45) is 1.82. The molecule has 11 heteroatoms. The van der Waals surface area contributed by atoms with Crippen LogP contribution < -0.4 is 10.2 Å². The molecular formula is C37H42N4O6Si. The number of carbonyl (C=O) groups excluding carboxylic acids is 3. The van der Waals surface area contributed by atoms with E-state index >= 15 is 0 Å². The summed E-state index contributed by atoms with van der Waals surface area (Å²) in [4.78, 5) is 59.6. The van der Waals surface area contributed by atoms with Crippen LogP contribution in [0, 0.1) is 5.92 Å². The van der Waals surface area contributed by atoms with E-state index in [1.165, 1.54) is 0 Å². The van der Waals surface area contributed by atoms with Gasteiger partial charge in [0.25, 0.3) is 5.91 Å². The van der Waals surface area contributed by atoms with Crippen LogP contribution in [0.4, 0.5) is 11.4 Å². The van der Waals surface area contributed by atoms with E-state index in [1.807, 2.05) is 80.8 Å². The lowest BCUT2D eigenvalue weighted by Gasteiger charge is -2.37. The van der Waals surface area contributed by atoms with Gasteiger partial charge in [0.05, 0.1) is 37.3 Å². The second-order valence-corrected chi connectivity index (χ2v) is 18.0. The summed E-state index contributed by atoms with van der Waals surface area (Å²) >= 11 is 0. The number of para-hydroxylation sites is 1. The Hall–Kier alpha value is -4.29. The Balaban J connectivity index is 1.17. The van der Waals surface area contributed by atoms with Gasteiger partial charge < -0.3 is 34.7 Å². The van der Waals surface area contributed by atoms with Crippen LogP contribution in [0.2, 0.25) is 18.6 Å². The molecule has 3 amide bonds. The number of aromatic nitrogens is 1. The van der Waals surface area contributed by atoms with Crippen LogP contribution in [-0.2, 0) is 44.1 Å². The molecule has 250 valence electrons. The molecule has 4 aromatic rings. The van der Waals surface area contributed by atoms with Gasteiger partial charge in [-0.25, -0.2) is 0 Å². The largest absolute Gasteiger partial charge is 0.432 e. The van der Waals surface area contributed by atoms with E-state index in [1.54, 1.807) is 29.0 Å². The minimum absolute atomic E-state index is 0.0280. The number of rotatable bonds is 7. The molecule has 1 aromatic heterocycles. The van der Waals surface area contributed by atoms with E-state index in [0.717, 1.165) is 27.6 Å². The van der Waals surface area contributed by atoms with Crippen molar-refractivity contribution in [2.75, 3.05) is 23.9 Å². The van der Waals surface area contributed by atoms with Crippen LogP contribution in [0.1, 0.15) is 35.6 Å². The number of amides is 3. The fourth-order valence-electron chi connectivity index (χ4n) is 8.45. The van der Waals surface area contributed by atoms with E-state index in [2.05, 4.69) is 10.3 Å². The predicted molar refractivity (Wildman–Crippen MR) is 186 cm³/mol. The van der Waals surface area contributed by atoms with Gasteiger partial charge in [0.1, 0.15) is 0 Å². The summed E-state index contributed by atoms with van der Waals surface area (Å²) in [5, 5.41) is 14.2. The number of anilines is 2. The fraction of sp³-hybridized carbons (Fsp3) is 0.378. The highest BCUT2D eigenvalue weighted by Gasteiger charge is 2.66. The average molecular weight is 667 g/mol. The van der Waals surface area contributed by atoms with Gasteiger partial charge in [-0.15, -0.1) is 0 Å². The van der Waals surface area contributed by atoms with Gasteiger partial charge in [-0.1, -0.05) is 49.4 Å². The summed E-state index contributed by atoms with van der Waals surface area (Å²) in [5.41, 5.74) is 3.95. The second kappa shape index (κ2) is 12.0. The molecule has 3 aromatic carbocycles. The lowest BCUT2D eigenvalue weighted by atomic mass is 9.82. The van der Waals surface area contributed by atoms with Gasteiger partial charge in [0.15, 0.2) is 13.9 Å². The highest BCUT2D eigenvalue weighted by molar-refractivity contribution is 6.71. The van der Waals surface area contributed by atoms with Crippen molar-refractivity contribution in [3.8, 4) is 0 Å². The molecule has 5 atom stereocenters. The van der Waals surface area contributed by atoms with Crippen molar-refractivity contribution in [3.05, 3.63) is 95.2 Å². The number of fused-ring (bicyclic) bond motifs is 4. The number of aromatic amines is 1. The van der Waals surface area contributed by atoms with Crippen LogP contribution in [0.15, 0.2) is 72.9 Å². The van der Waals surface area contributed by atoms with Crippen LogP contribution in [0.25, 0.3) is 10.9 Å². The number of hydrogen-bond donors (Lipinski definition) is 4. The van der Waals surface area contributed by atoms with E-state index in [9.17, 15) is 24.3 Å². The highest BCUT2D eigenvalue weighted by atomic mass is 28.4. The lowest BCUT2D eigenvalue weighted by Crippen LogP contribution is -2.48. The van der Waals surface area contributed by atoms with Crippen molar-refractivity contribution in [3.63, 3.8) is 0 Å². The van der Waals surface area contributed by atoms with Gasteiger partial charge in [-0.3, -0.25) is 14.4 Å². The molecule has 0 bridgehead atoms. The summed E-state index contributed by atoms with van der Waals surface area (Å²) < 4.78 is 6.82. The van der Waals surface area contributed by atoms with Crippen molar-refractivity contribution >= 4 is 48.3 Å². The minimum atomic E-state index is -3.00. The maximum atomic E-state index is 14.2. The Bertz CT molecular complexity index is 1920. The Labute approximate surface area is 280 Å². The lowest BCUT2D eigenvalue weighted by molar-refractivity contribution is -0.150.